The van der Waals surface area contributed by atoms with Crippen molar-refractivity contribution in [1.82, 2.24) is 15.1 Å². The maximum atomic E-state index is 12.9. The van der Waals surface area contributed by atoms with Crippen LogP contribution >= 0.6 is 0 Å². The first-order valence-electron chi connectivity index (χ1n) is 9.99. The highest BCUT2D eigenvalue weighted by molar-refractivity contribution is 6.04. The van der Waals surface area contributed by atoms with Crippen LogP contribution in [0.4, 0.5) is 0 Å². The highest BCUT2D eigenvalue weighted by Crippen LogP contribution is 2.14. The van der Waals surface area contributed by atoms with Gasteiger partial charge in [0.15, 0.2) is 5.69 Å². The maximum Gasteiger partial charge on any atom is 0.274 e. The summed E-state index contributed by atoms with van der Waals surface area (Å²) in [5, 5.41) is 8.43. The van der Waals surface area contributed by atoms with Crippen LogP contribution in [0.25, 0.3) is 10.8 Å². The van der Waals surface area contributed by atoms with Gasteiger partial charge in [-0.3, -0.25) is 9.59 Å². The molecule has 0 unspecified atom stereocenters. The van der Waals surface area contributed by atoms with Gasteiger partial charge in [-0.25, -0.2) is 4.68 Å². The zero-order valence-corrected chi connectivity index (χ0v) is 17.0. The summed E-state index contributed by atoms with van der Waals surface area (Å²) in [6.45, 7) is 3.52. The Morgan fingerprint density at radius 2 is 1.83 bits per heavy atom. The van der Waals surface area contributed by atoms with E-state index in [4.69, 9.17) is 4.74 Å². The molecule has 0 aliphatic carbocycles. The van der Waals surface area contributed by atoms with Crippen molar-refractivity contribution in [2.45, 2.75) is 45.9 Å². The topological polar surface area (TPSA) is 73.2 Å². The van der Waals surface area contributed by atoms with Crippen molar-refractivity contribution in [3.63, 3.8) is 0 Å². The first-order valence-corrected chi connectivity index (χ1v) is 9.99. The molecule has 0 fully saturated rings. The Bertz CT molecular complexity index is 1040. The van der Waals surface area contributed by atoms with Crippen molar-refractivity contribution in [1.29, 1.82) is 0 Å². The number of rotatable bonds is 9. The molecule has 0 atom stereocenters. The van der Waals surface area contributed by atoms with Crippen LogP contribution in [0.3, 0.4) is 0 Å². The summed E-state index contributed by atoms with van der Waals surface area (Å²) in [4.78, 5) is 25.7. The number of carbonyl (C=O) groups excluding carboxylic acids is 1. The number of carbonyl (C=O) groups is 1. The highest BCUT2D eigenvalue weighted by atomic mass is 16.5. The number of methoxy groups -OCH3 is 1. The summed E-state index contributed by atoms with van der Waals surface area (Å²) < 4.78 is 6.58. The molecule has 1 heterocycles. The standard InChI is InChI=1S/C23H27N3O3/c1-3-4-7-13-26-23(28)20-12-6-5-11-19(20)21(25-26)22(27)24-15-17-9-8-10-18(14-17)16-29-2/h5-6,8-12,14H,3-4,7,13,15-16H2,1-2H3,(H,24,27). The molecule has 6 heteroatoms. The number of ether oxygens (including phenoxy) is 1. The van der Waals surface area contributed by atoms with E-state index in [0.29, 0.717) is 30.5 Å². The monoisotopic (exact) mass is 393 g/mol. The first kappa shape index (κ1) is 20.7. The first-order chi connectivity index (χ1) is 14.1. The van der Waals surface area contributed by atoms with Gasteiger partial charge in [-0.15, -0.1) is 0 Å². The van der Waals surface area contributed by atoms with Crippen molar-refractivity contribution in [2.75, 3.05) is 7.11 Å². The minimum atomic E-state index is -0.289. The van der Waals surface area contributed by atoms with E-state index in [1.54, 1.807) is 19.2 Å². The molecule has 0 spiro atoms. The van der Waals surface area contributed by atoms with Gasteiger partial charge < -0.3 is 10.1 Å². The Balaban J connectivity index is 1.85. The molecule has 0 aliphatic heterocycles. The van der Waals surface area contributed by atoms with Crippen molar-refractivity contribution < 1.29 is 9.53 Å². The fourth-order valence-corrected chi connectivity index (χ4v) is 3.33. The van der Waals surface area contributed by atoms with Gasteiger partial charge in [-0.05, 0) is 23.6 Å². The van der Waals surface area contributed by atoms with E-state index in [-0.39, 0.29) is 17.2 Å². The Morgan fingerprint density at radius 1 is 1.07 bits per heavy atom. The van der Waals surface area contributed by atoms with E-state index in [1.165, 1.54) is 4.68 Å². The second kappa shape index (κ2) is 9.98. The molecule has 0 saturated heterocycles. The minimum Gasteiger partial charge on any atom is -0.380 e. The number of benzene rings is 2. The molecule has 1 N–H and O–H groups in total. The second-order valence-corrected chi connectivity index (χ2v) is 7.07. The van der Waals surface area contributed by atoms with Crippen molar-refractivity contribution >= 4 is 16.7 Å². The predicted octanol–water partition coefficient (Wildman–Crippen LogP) is 3.66. The van der Waals surface area contributed by atoms with Crippen LogP contribution in [0.15, 0.2) is 53.3 Å². The van der Waals surface area contributed by atoms with Crippen LogP contribution in [0.2, 0.25) is 0 Å². The van der Waals surface area contributed by atoms with Gasteiger partial charge in [0.1, 0.15) is 0 Å². The maximum absolute atomic E-state index is 12.9. The molecule has 6 nitrogen and oxygen atoms in total. The third kappa shape index (κ3) is 5.09. The van der Waals surface area contributed by atoms with Gasteiger partial charge in [-0.1, -0.05) is 62.2 Å². The molecular weight excluding hydrogens is 366 g/mol. The number of fused-ring (bicyclic) bond motifs is 1. The van der Waals surface area contributed by atoms with Gasteiger partial charge in [0.05, 0.1) is 12.0 Å². The lowest BCUT2D eigenvalue weighted by atomic mass is 10.1. The minimum absolute atomic E-state index is 0.152. The van der Waals surface area contributed by atoms with Crippen molar-refractivity contribution in [3.8, 4) is 0 Å². The molecule has 152 valence electrons. The van der Waals surface area contributed by atoms with Crippen LogP contribution in [-0.4, -0.2) is 22.8 Å². The lowest BCUT2D eigenvalue weighted by Crippen LogP contribution is -2.30. The Labute approximate surface area is 170 Å². The van der Waals surface area contributed by atoms with Crippen molar-refractivity contribution in [3.05, 3.63) is 75.7 Å². The third-order valence-electron chi connectivity index (χ3n) is 4.81. The lowest BCUT2D eigenvalue weighted by molar-refractivity contribution is 0.0945. The van der Waals surface area contributed by atoms with Gasteiger partial charge in [0.2, 0.25) is 0 Å². The SMILES string of the molecule is CCCCCn1nc(C(=O)NCc2cccc(COC)c2)c2ccccc2c1=O. The second-order valence-electron chi connectivity index (χ2n) is 7.07. The summed E-state index contributed by atoms with van der Waals surface area (Å²) in [5.41, 5.74) is 2.16. The van der Waals surface area contributed by atoms with Crippen molar-refractivity contribution in [2.24, 2.45) is 0 Å². The molecule has 29 heavy (non-hydrogen) atoms. The van der Waals surface area contributed by atoms with Gasteiger partial charge in [0, 0.05) is 25.6 Å². The van der Waals surface area contributed by atoms with E-state index < -0.39 is 0 Å². The summed E-state index contributed by atoms with van der Waals surface area (Å²) in [5.74, 6) is -0.289. The Hall–Kier alpha value is -2.99. The number of nitrogens with one attached hydrogen (secondary N) is 1. The zero-order valence-electron chi connectivity index (χ0n) is 17.0. The normalized spacial score (nSPS) is 11.0. The number of hydrogen-bond donors (Lipinski definition) is 1. The smallest absolute Gasteiger partial charge is 0.274 e. The van der Waals surface area contributed by atoms with Crippen LogP contribution in [0, 0.1) is 0 Å². The molecule has 3 rings (SSSR count). The molecular formula is C23H27N3O3. The number of hydrogen-bond acceptors (Lipinski definition) is 4. The number of amides is 1. The van der Waals surface area contributed by atoms with E-state index >= 15 is 0 Å². The highest BCUT2D eigenvalue weighted by Gasteiger charge is 2.16. The zero-order chi connectivity index (χ0) is 20.6. The fourth-order valence-electron chi connectivity index (χ4n) is 3.33. The van der Waals surface area contributed by atoms with Crippen LogP contribution in [0.5, 0.6) is 0 Å². The number of nitrogens with zero attached hydrogens (tertiary/aromatic N) is 2. The summed E-state index contributed by atoms with van der Waals surface area (Å²) >= 11 is 0. The largest absolute Gasteiger partial charge is 0.380 e. The molecule has 1 aromatic heterocycles. The average Bonchev–Trinajstić information content (AvgIpc) is 2.74. The van der Waals surface area contributed by atoms with Crippen LogP contribution in [-0.2, 0) is 24.4 Å². The number of aromatic nitrogens is 2. The van der Waals surface area contributed by atoms with Gasteiger partial charge in [-0.2, -0.15) is 5.10 Å². The summed E-state index contributed by atoms with van der Waals surface area (Å²) in [7, 11) is 1.65. The van der Waals surface area contributed by atoms with Crippen LogP contribution < -0.4 is 10.9 Å². The van der Waals surface area contributed by atoms with Crippen LogP contribution in [0.1, 0.15) is 47.8 Å². The van der Waals surface area contributed by atoms with E-state index in [0.717, 1.165) is 30.4 Å². The molecule has 2 aromatic carbocycles. The molecule has 0 bridgehead atoms. The Morgan fingerprint density at radius 3 is 2.59 bits per heavy atom. The lowest BCUT2D eigenvalue weighted by Gasteiger charge is -2.12. The molecule has 0 aliphatic rings. The third-order valence-corrected chi connectivity index (χ3v) is 4.81. The van der Waals surface area contributed by atoms with E-state index in [1.807, 2.05) is 36.4 Å². The number of aryl methyl sites for hydroxylation is 1. The van der Waals surface area contributed by atoms with Gasteiger partial charge in [0.25, 0.3) is 11.5 Å². The summed E-state index contributed by atoms with van der Waals surface area (Å²) in [6, 6.07) is 15.0. The fraction of sp³-hybridized carbons (Fsp3) is 0.348. The number of unbranched alkanes of at least 4 members (excludes halogenated alkanes) is 2. The average molecular weight is 393 g/mol. The molecule has 1 amide bonds. The quantitative estimate of drug-likeness (QED) is 0.563. The summed E-state index contributed by atoms with van der Waals surface area (Å²) in [6.07, 6.45) is 2.92. The molecule has 3 aromatic rings. The predicted molar refractivity (Wildman–Crippen MR) is 114 cm³/mol. The molecule has 0 radical (unpaired) electrons. The van der Waals surface area contributed by atoms with Gasteiger partial charge >= 0.3 is 0 Å². The molecule has 0 saturated carbocycles. The Kier molecular flexibility index (Phi) is 7.14. The van der Waals surface area contributed by atoms with E-state index in [2.05, 4.69) is 17.3 Å². The van der Waals surface area contributed by atoms with E-state index in [9.17, 15) is 9.59 Å².